The molecule has 4 nitrogen and oxygen atoms in total. The van der Waals surface area contributed by atoms with Crippen molar-refractivity contribution in [2.45, 2.75) is 12.5 Å². The molecule has 0 amide bonds. The average molecular weight is 243 g/mol. The van der Waals surface area contributed by atoms with Gasteiger partial charge in [0.05, 0.1) is 6.04 Å². The molecular formula is C14H17N3O. The first-order valence-electron chi connectivity index (χ1n) is 5.92. The van der Waals surface area contributed by atoms with Gasteiger partial charge in [0.1, 0.15) is 12.4 Å². The van der Waals surface area contributed by atoms with E-state index in [0.29, 0.717) is 6.61 Å². The second-order valence-corrected chi connectivity index (χ2v) is 4.01. The maximum absolute atomic E-state index is 5.66. The van der Waals surface area contributed by atoms with E-state index in [1.807, 2.05) is 48.5 Å². The lowest BCUT2D eigenvalue weighted by atomic mass is 10.1. The highest BCUT2D eigenvalue weighted by Crippen LogP contribution is 2.09. The molecule has 0 saturated heterocycles. The number of rotatable bonds is 6. The van der Waals surface area contributed by atoms with Crippen molar-refractivity contribution < 1.29 is 4.74 Å². The molecule has 4 heteroatoms. The van der Waals surface area contributed by atoms with Crippen molar-refractivity contribution >= 4 is 0 Å². The molecule has 1 heterocycles. The smallest absolute Gasteiger partial charge is 0.119 e. The van der Waals surface area contributed by atoms with Crippen LogP contribution in [0.15, 0.2) is 54.7 Å². The number of hydrazine groups is 1. The third kappa shape index (κ3) is 3.84. The predicted octanol–water partition coefficient (Wildman–Crippen LogP) is 1.53. The van der Waals surface area contributed by atoms with E-state index in [9.17, 15) is 0 Å². The summed E-state index contributed by atoms with van der Waals surface area (Å²) in [5.74, 6) is 6.37. The Balaban J connectivity index is 1.86. The Morgan fingerprint density at radius 2 is 1.89 bits per heavy atom. The lowest BCUT2D eigenvalue weighted by Gasteiger charge is -2.16. The minimum Gasteiger partial charge on any atom is -0.492 e. The highest BCUT2D eigenvalue weighted by molar-refractivity contribution is 5.21. The number of nitrogens with two attached hydrogens (primary N) is 1. The van der Waals surface area contributed by atoms with E-state index < -0.39 is 0 Å². The Morgan fingerprint density at radius 1 is 1.11 bits per heavy atom. The molecule has 2 rings (SSSR count). The molecule has 1 aromatic carbocycles. The van der Waals surface area contributed by atoms with Gasteiger partial charge >= 0.3 is 0 Å². The van der Waals surface area contributed by atoms with Crippen molar-refractivity contribution in [2.75, 3.05) is 6.61 Å². The monoisotopic (exact) mass is 243 g/mol. The first kappa shape index (κ1) is 12.5. The summed E-state index contributed by atoms with van der Waals surface area (Å²) in [6, 6.07) is 15.6. The van der Waals surface area contributed by atoms with Crippen LogP contribution in [0, 0.1) is 0 Å². The molecule has 0 spiro atoms. The van der Waals surface area contributed by atoms with Gasteiger partial charge in [0.25, 0.3) is 0 Å². The lowest BCUT2D eigenvalue weighted by molar-refractivity contribution is 0.263. The molecule has 0 saturated carbocycles. The molecule has 18 heavy (non-hydrogen) atoms. The first-order chi connectivity index (χ1) is 8.88. The number of hydrogen-bond donors (Lipinski definition) is 2. The topological polar surface area (TPSA) is 60.2 Å². The Hall–Kier alpha value is -1.91. The summed E-state index contributed by atoms with van der Waals surface area (Å²) in [5, 5.41) is 0. The Morgan fingerprint density at radius 3 is 2.56 bits per heavy atom. The second kappa shape index (κ2) is 6.74. The quantitative estimate of drug-likeness (QED) is 0.597. The second-order valence-electron chi connectivity index (χ2n) is 4.01. The summed E-state index contributed by atoms with van der Waals surface area (Å²) in [6.45, 7) is 0.511. The zero-order valence-corrected chi connectivity index (χ0v) is 10.1. The minimum atomic E-state index is 0.0418. The van der Waals surface area contributed by atoms with Gasteiger partial charge in [0.2, 0.25) is 0 Å². The Bertz CT molecular complexity index is 447. The highest BCUT2D eigenvalue weighted by atomic mass is 16.5. The fourth-order valence-corrected chi connectivity index (χ4v) is 1.65. The molecule has 2 aromatic rings. The number of aromatic nitrogens is 1. The van der Waals surface area contributed by atoms with Crippen LogP contribution in [0.1, 0.15) is 5.69 Å². The molecule has 1 aromatic heterocycles. The van der Waals surface area contributed by atoms with Crippen molar-refractivity contribution in [1.29, 1.82) is 0 Å². The van der Waals surface area contributed by atoms with Gasteiger partial charge in [0.15, 0.2) is 0 Å². The summed E-state index contributed by atoms with van der Waals surface area (Å²) in [6.07, 6.45) is 2.52. The van der Waals surface area contributed by atoms with E-state index in [2.05, 4.69) is 10.4 Å². The van der Waals surface area contributed by atoms with Gasteiger partial charge in [-0.2, -0.15) is 0 Å². The number of nitrogens with zero attached hydrogens (tertiary/aromatic N) is 1. The van der Waals surface area contributed by atoms with Crippen LogP contribution in [0.5, 0.6) is 5.75 Å². The number of ether oxygens (including phenoxy) is 1. The molecule has 0 aliphatic heterocycles. The maximum Gasteiger partial charge on any atom is 0.119 e. The van der Waals surface area contributed by atoms with Crippen molar-refractivity contribution in [1.82, 2.24) is 10.4 Å². The fourth-order valence-electron chi connectivity index (χ4n) is 1.65. The third-order valence-corrected chi connectivity index (χ3v) is 2.61. The van der Waals surface area contributed by atoms with E-state index in [1.165, 1.54) is 0 Å². The first-order valence-corrected chi connectivity index (χ1v) is 5.92. The number of para-hydroxylation sites is 1. The molecule has 0 aliphatic rings. The molecule has 0 fully saturated rings. The van der Waals surface area contributed by atoms with E-state index >= 15 is 0 Å². The largest absolute Gasteiger partial charge is 0.492 e. The standard InChI is InChI=1S/C14H17N3O/c15-17-13(10-12-6-4-5-9-16-12)11-18-14-7-2-1-3-8-14/h1-9,13,17H,10-11,15H2. The number of pyridine rings is 1. The molecule has 94 valence electrons. The summed E-state index contributed by atoms with van der Waals surface area (Å²) in [4.78, 5) is 4.27. The van der Waals surface area contributed by atoms with Gasteiger partial charge in [-0.05, 0) is 24.3 Å². The van der Waals surface area contributed by atoms with Crippen LogP contribution in [-0.2, 0) is 6.42 Å². The molecule has 3 N–H and O–H groups in total. The Labute approximate surface area is 107 Å². The summed E-state index contributed by atoms with van der Waals surface area (Å²) < 4.78 is 5.66. The molecular weight excluding hydrogens is 226 g/mol. The molecule has 0 bridgehead atoms. The summed E-state index contributed by atoms with van der Waals surface area (Å²) in [7, 11) is 0. The van der Waals surface area contributed by atoms with Crippen molar-refractivity contribution in [2.24, 2.45) is 5.84 Å². The van der Waals surface area contributed by atoms with Crippen LogP contribution in [-0.4, -0.2) is 17.6 Å². The summed E-state index contributed by atoms with van der Waals surface area (Å²) in [5.41, 5.74) is 3.75. The van der Waals surface area contributed by atoms with Gasteiger partial charge in [0, 0.05) is 18.3 Å². The van der Waals surface area contributed by atoms with Gasteiger partial charge in [-0.25, -0.2) is 0 Å². The van der Waals surface area contributed by atoms with Crippen LogP contribution in [0.25, 0.3) is 0 Å². The normalized spacial score (nSPS) is 12.1. The van der Waals surface area contributed by atoms with E-state index in [-0.39, 0.29) is 6.04 Å². The SMILES string of the molecule is NNC(COc1ccccc1)Cc1ccccn1. The fraction of sp³-hybridized carbons (Fsp3) is 0.214. The van der Waals surface area contributed by atoms with Gasteiger partial charge < -0.3 is 4.74 Å². The number of nitrogens with one attached hydrogen (secondary N) is 1. The minimum absolute atomic E-state index is 0.0418. The van der Waals surface area contributed by atoms with E-state index in [1.54, 1.807) is 6.20 Å². The van der Waals surface area contributed by atoms with Crippen LogP contribution >= 0.6 is 0 Å². The van der Waals surface area contributed by atoms with Crippen molar-refractivity contribution in [3.8, 4) is 5.75 Å². The zero-order valence-electron chi connectivity index (χ0n) is 10.1. The van der Waals surface area contributed by atoms with Gasteiger partial charge in [-0.3, -0.25) is 16.3 Å². The molecule has 1 unspecified atom stereocenters. The van der Waals surface area contributed by atoms with Crippen molar-refractivity contribution in [3.63, 3.8) is 0 Å². The average Bonchev–Trinajstić information content (AvgIpc) is 2.45. The molecule has 1 atom stereocenters. The van der Waals surface area contributed by atoms with E-state index in [0.717, 1.165) is 17.9 Å². The van der Waals surface area contributed by atoms with Crippen molar-refractivity contribution in [3.05, 3.63) is 60.4 Å². The number of benzene rings is 1. The summed E-state index contributed by atoms with van der Waals surface area (Å²) >= 11 is 0. The number of hydrogen-bond acceptors (Lipinski definition) is 4. The van der Waals surface area contributed by atoms with Crippen LogP contribution in [0.2, 0.25) is 0 Å². The zero-order chi connectivity index (χ0) is 12.6. The molecule has 0 radical (unpaired) electrons. The Kier molecular flexibility index (Phi) is 4.69. The maximum atomic E-state index is 5.66. The van der Waals surface area contributed by atoms with E-state index in [4.69, 9.17) is 10.6 Å². The predicted molar refractivity (Wildman–Crippen MR) is 71.0 cm³/mol. The van der Waals surface area contributed by atoms with Crippen LogP contribution < -0.4 is 16.0 Å². The van der Waals surface area contributed by atoms with Gasteiger partial charge in [-0.1, -0.05) is 24.3 Å². The van der Waals surface area contributed by atoms with Crippen LogP contribution in [0.3, 0.4) is 0 Å². The van der Waals surface area contributed by atoms with Crippen LogP contribution in [0.4, 0.5) is 0 Å². The highest BCUT2D eigenvalue weighted by Gasteiger charge is 2.09. The lowest BCUT2D eigenvalue weighted by Crippen LogP contribution is -2.41. The van der Waals surface area contributed by atoms with Gasteiger partial charge in [-0.15, -0.1) is 0 Å². The molecule has 0 aliphatic carbocycles. The third-order valence-electron chi connectivity index (χ3n) is 2.61.